The van der Waals surface area contributed by atoms with Gasteiger partial charge in [0.05, 0.1) is 13.0 Å². The summed E-state index contributed by atoms with van der Waals surface area (Å²) in [5.41, 5.74) is 0.256. The maximum absolute atomic E-state index is 13.7. The smallest absolute Gasteiger partial charge is 0.392 e. The van der Waals surface area contributed by atoms with Crippen molar-refractivity contribution >= 4 is 0 Å². The Balaban J connectivity index is 2.79. The van der Waals surface area contributed by atoms with Gasteiger partial charge in [-0.15, -0.1) is 0 Å². The van der Waals surface area contributed by atoms with Gasteiger partial charge in [-0.05, 0) is 25.6 Å². The van der Waals surface area contributed by atoms with Gasteiger partial charge in [-0.25, -0.2) is 4.39 Å². The molecule has 0 fully saturated rings. The van der Waals surface area contributed by atoms with Crippen molar-refractivity contribution in [2.75, 3.05) is 13.2 Å². The molecule has 1 rings (SSSR count). The second kappa shape index (κ2) is 6.75. The number of halogens is 4. The molecular formula is C13H17F4NO. The number of nitrogens with one attached hydrogen (secondary N) is 1. The standard InChI is InChI=1S/C13H17F4NO/c1-3-18-9(2)12-10(14)5-4-6-11(12)19-8-7-13(15,16)17/h4-6,9,18H,3,7-8H2,1-2H3. The van der Waals surface area contributed by atoms with E-state index in [1.807, 2.05) is 6.92 Å². The van der Waals surface area contributed by atoms with Crippen molar-refractivity contribution in [2.24, 2.45) is 0 Å². The molecule has 0 bridgehead atoms. The third-order valence-corrected chi connectivity index (χ3v) is 2.60. The molecule has 0 spiro atoms. The predicted molar refractivity (Wildman–Crippen MR) is 64.7 cm³/mol. The van der Waals surface area contributed by atoms with Gasteiger partial charge < -0.3 is 10.1 Å². The summed E-state index contributed by atoms with van der Waals surface area (Å²) < 4.78 is 55.0. The summed E-state index contributed by atoms with van der Waals surface area (Å²) in [6.45, 7) is 3.70. The first-order valence-corrected chi connectivity index (χ1v) is 6.06. The summed E-state index contributed by atoms with van der Waals surface area (Å²) in [6, 6.07) is 3.83. The van der Waals surface area contributed by atoms with Gasteiger partial charge in [0.1, 0.15) is 11.6 Å². The summed E-state index contributed by atoms with van der Waals surface area (Å²) in [5.74, 6) is -0.337. The lowest BCUT2D eigenvalue weighted by molar-refractivity contribution is -0.139. The molecule has 6 heteroatoms. The highest BCUT2D eigenvalue weighted by atomic mass is 19.4. The zero-order valence-corrected chi connectivity index (χ0v) is 10.9. The number of benzene rings is 1. The SMILES string of the molecule is CCNC(C)c1c(F)cccc1OCCC(F)(F)F. The van der Waals surface area contributed by atoms with Crippen molar-refractivity contribution in [3.05, 3.63) is 29.6 Å². The number of ether oxygens (including phenoxy) is 1. The van der Waals surface area contributed by atoms with Crippen molar-refractivity contribution in [1.29, 1.82) is 0 Å². The first-order chi connectivity index (χ1) is 8.85. The summed E-state index contributed by atoms with van der Waals surface area (Å²) in [6.07, 6.45) is -5.33. The fourth-order valence-corrected chi connectivity index (χ4v) is 1.75. The van der Waals surface area contributed by atoms with Crippen LogP contribution < -0.4 is 10.1 Å². The minimum atomic E-state index is -4.28. The van der Waals surface area contributed by atoms with E-state index in [-0.39, 0.29) is 17.4 Å². The Bertz CT molecular complexity index is 406. The van der Waals surface area contributed by atoms with Gasteiger partial charge >= 0.3 is 6.18 Å². The maximum atomic E-state index is 13.7. The van der Waals surface area contributed by atoms with Crippen LogP contribution in [0.25, 0.3) is 0 Å². The quantitative estimate of drug-likeness (QED) is 0.799. The summed E-state index contributed by atoms with van der Waals surface area (Å²) in [7, 11) is 0. The Morgan fingerprint density at radius 1 is 1.32 bits per heavy atom. The van der Waals surface area contributed by atoms with Crippen molar-refractivity contribution in [2.45, 2.75) is 32.5 Å². The van der Waals surface area contributed by atoms with Gasteiger partial charge in [-0.2, -0.15) is 13.2 Å². The van der Waals surface area contributed by atoms with Crippen LogP contribution in [0.15, 0.2) is 18.2 Å². The maximum Gasteiger partial charge on any atom is 0.392 e. The zero-order chi connectivity index (χ0) is 14.5. The molecule has 1 aromatic carbocycles. The Morgan fingerprint density at radius 3 is 2.58 bits per heavy atom. The molecule has 1 aromatic rings. The Labute approximate surface area is 109 Å². The van der Waals surface area contributed by atoms with Crippen molar-refractivity contribution in [3.63, 3.8) is 0 Å². The lowest BCUT2D eigenvalue weighted by atomic mass is 10.1. The Kier molecular flexibility index (Phi) is 5.60. The minimum absolute atomic E-state index is 0.151. The second-order valence-corrected chi connectivity index (χ2v) is 4.14. The summed E-state index contributed by atoms with van der Waals surface area (Å²) in [5, 5.41) is 3.01. The van der Waals surface area contributed by atoms with Gasteiger partial charge in [-0.3, -0.25) is 0 Å². The minimum Gasteiger partial charge on any atom is -0.493 e. The third kappa shape index (κ3) is 5.06. The van der Waals surface area contributed by atoms with Crippen LogP contribution in [-0.4, -0.2) is 19.3 Å². The second-order valence-electron chi connectivity index (χ2n) is 4.14. The molecule has 1 N–H and O–H groups in total. The van der Waals surface area contributed by atoms with E-state index in [9.17, 15) is 17.6 Å². The molecule has 0 heterocycles. The van der Waals surface area contributed by atoms with E-state index in [1.165, 1.54) is 18.2 Å². The molecule has 0 aliphatic heterocycles. The molecule has 2 nitrogen and oxygen atoms in total. The van der Waals surface area contributed by atoms with Crippen molar-refractivity contribution in [1.82, 2.24) is 5.32 Å². The molecule has 0 aromatic heterocycles. The Morgan fingerprint density at radius 2 is 2.00 bits per heavy atom. The van der Waals surface area contributed by atoms with Gasteiger partial charge in [-0.1, -0.05) is 13.0 Å². The number of rotatable bonds is 6. The third-order valence-electron chi connectivity index (χ3n) is 2.60. The molecule has 0 saturated carbocycles. The summed E-state index contributed by atoms with van der Waals surface area (Å²) in [4.78, 5) is 0. The molecule has 0 aliphatic carbocycles. The number of hydrogen-bond donors (Lipinski definition) is 1. The first kappa shape index (κ1) is 15.8. The molecule has 1 unspecified atom stereocenters. The number of alkyl halides is 3. The Hall–Kier alpha value is -1.30. The average Bonchev–Trinajstić information content (AvgIpc) is 2.27. The lowest BCUT2D eigenvalue weighted by Gasteiger charge is -2.18. The molecule has 108 valence electrons. The molecule has 19 heavy (non-hydrogen) atoms. The van der Waals surface area contributed by atoms with E-state index < -0.39 is 25.0 Å². The molecular weight excluding hydrogens is 262 g/mol. The highest BCUT2D eigenvalue weighted by Gasteiger charge is 2.27. The highest BCUT2D eigenvalue weighted by molar-refractivity contribution is 5.37. The van der Waals surface area contributed by atoms with E-state index >= 15 is 0 Å². The normalized spacial score (nSPS) is 13.4. The van der Waals surface area contributed by atoms with Gasteiger partial charge in [0.2, 0.25) is 0 Å². The van der Waals surface area contributed by atoms with Crippen LogP contribution in [0, 0.1) is 5.82 Å². The van der Waals surface area contributed by atoms with Gasteiger partial charge in [0.15, 0.2) is 0 Å². The summed E-state index contributed by atoms with van der Waals surface area (Å²) >= 11 is 0. The molecule has 0 aliphatic rings. The van der Waals surface area contributed by atoms with E-state index in [2.05, 4.69) is 5.32 Å². The predicted octanol–water partition coefficient (Wildman–Crippen LogP) is 3.83. The zero-order valence-electron chi connectivity index (χ0n) is 10.9. The molecule has 0 saturated heterocycles. The van der Waals surface area contributed by atoms with Crippen molar-refractivity contribution < 1.29 is 22.3 Å². The van der Waals surface area contributed by atoms with Crippen LogP contribution in [-0.2, 0) is 0 Å². The van der Waals surface area contributed by atoms with E-state index in [4.69, 9.17) is 4.74 Å². The van der Waals surface area contributed by atoms with Gasteiger partial charge in [0.25, 0.3) is 0 Å². The molecule has 1 atom stereocenters. The molecule has 0 amide bonds. The fourth-order valence-electron chi connectivity index (χ4n) is 1.75. The monoisotopic (exact) mass is 279 g/mol. The van der Waals surface area contributed by atoms with Crippen LogP contribution in [0.4, 0.5) is 17.6 Å². The first-order valence-electron chi connectivity index (χ1n) is 6.06. The largest absolute Gasteiger partial charge is 0.493 e. The van der Waals surface area contributed by atoms with Gasteiger partial charge in [0, 0.05) is 11.6 Å². The van der Waals surface area contributed by atoms with Crippen LogP contribution >= 0.6 is 0 Å². The fraction of sp³-hybridized carbons (Fsp3) is 0.538. The van der Waals surface area contributed by atoms with Crippen molar-refractivity contribution in [3.8, 4) is 5.75 Å². The average molecular weight is 279 g/mol. The van der Waals surface area contributed by atoms with E-state index in [0.717, 1.165) is 0 Å². The topological polar surface area (TPSA) is 21.3 Å². The highest BCUT2D eigenvalue weighted by Crippen LogP contribution is 2.29. The number of hydrogen-bond acceptors (Lipinski definition) is 2. The lowest BCUT2D eigenvalue weighted by Crippen LogP contribution is -2.20. The van der Waals surface area contributed by atoms with E-state index in [0.29, 0.717) is 6.54 Å². The molecule has 0 radical (unpaired) electrons. The van der Waals surface area contributed by atoms with Crippen LogP contribution in [0.1, 0.15) is 31.9 Å². The van der Waals surface area contributed by atoms with E-state index in [1.54, 1.807) is 6.92 Å². The van der Waals surface area contributed by atoms with Crippen LogP contribution in [0.5, 0.6) is 5.75 Å². The van der Waals surface area contributed by atoms with Crippen LogP contribution in [0.2, 0.25) is 0 Å². The van der Waals surface area contributed by atoms with Crippen LogP contribution in [0.3, 0.4) is 0 Å².